The molecule has 0 aliphatic carbocycles. The summed E-state index contributed by atoms with van der Waals surface area (Å²) >= 11 is 0. The van der Waals surface area contributed by atoms with Crippen molar-refractivity contribution in [2.75, 3.05) is 27.3 Å². The molecule has 0 heterocycles. The Balaban J connectivity index is 1.96. The van der Waals surface area contributed by atoms with Crippen LogP contribution in [-0.2, 0) is 13.0 Å². The second-order valence-corrected chi connectivity index (χ2v) is 6.04. The smallest absolute Gasteiger partial charge is 0.191 e. The van der Waals surface area contributed by atoms with Gasteiger partial charge in [-0.25, -0.2) is 4.99 Å². The molecule has 0 unspecified atom stereocenters. The van der Waals surface area contributed by atoms with E-state index in [0.29, 0.717) is 6.54 Å². The van der Waals surface area contributed by atoms with Crippen LogP contribution in [0.15, 0.2) is 47.5 Å². The standard InChI is InChI=1S/C21H29N3O2/c1-5-22-21(23-12-11-17-7-6-8-19(14-17)25-3)24-15-18-10-9-16(2)13-20(18)26-4/h6-10,13-14H,5,11-12,15H2,1-4H3,(H2,22,23,24). The molecule has 5 nitrogen and oxygen atoms in total. The Kier molecular flexibility index (Phi) is 7.80. The van der Waals surface area contributed by atoms with Gasteiger partial charge in [-0.2, -0.15) is 0 Å². The lowest BCUT2D eigenvalue weighted by molar-refractivity contribution is 0.409. The maximum Gasteiger partial charge on any atom is 0.191 e. The predicted molar refractivity (Wildman–Crippen MR) is 107 cm³/mol. The number of rotatable bonds is 8. The average molecular weight is 355 g/mol. The Hall–Kier alpha value is -2.69. The summed E-state index contributed by atoms with van der Waals surface area (Å²) in [5, 5.41) is 6.67. The van der Waals surface area contributed by atoms with Crippen LogP contribution in [-0.4, -0.2) is 33.3 Å². The van der Waals surface area contributed by atoms with Gasteiger partial charge in [0.25, 0.3) is 0 Å². The second kappa shape index (κ2) is 10.3. The van der Waals surface area contributed by atoms with Gasteiger partial charge in [0.2, 0.25) is 0 Å². The molecule has 0 saturated carbocycles. The van der Waals surface area contributed by atoms with Crippen LogP contribution < -0.4 is 20.1 Å². The first-order chi connectivity index (χ1) is 12.7. The van der Waals surface area contributed by atoms with E-state index < -0.39 is 0 Å². The number of nitrogens with zero attached hydrogens (tertiary/aromatic N) is 1. The van der Waals surface area contributed by atoms with E-state index in [0.717, 1.165) is 42.5 Å². The monoisotopic (exact) mass is 355 g/mol. The normalized spacial score (nSPS) is 11.2. The van der Waals surface area contributed by atoms with Gasteiger partial charge in [0.15, 0.2) is 5.96 Å². The van der Waals surface area contributed by atoms with Gasteiger partial charge in [0.05, 0.1) is 20.8 Å². The highest BCUT2D eigenvalue weighted by molar-refractivity contribution is 5.79. The van der Waals surface area contributed by atoms with E-state index in [2.05, 4.69) is 53.7 Å². The molecule has 0 bridgehead atoms. The fourth-order valence-electron chi connectivity index (χ4n) is 2.64. The van der Waals surface area contributed by atoms with Crippen LogP contribution in [0, 0.1) is 6.92 Å². The summed E-state index contributed by atoms with van der Waals surface area (Å²) < 4.78 is 10.7. The van der Waals surface area contributed by atoms with Gasteiger partial charge >= 0.3 is 0 Å². The van der Waals surface area contributed by atoms with E-state index in [1.54, 1.807) is 14.2 Å². The van der Waals surface area contributed by atoms with Crippen molar-refractivity contribution >= 4 is 5.96 Å². The van der Waals surface area contributed by atoms with Gasteiger partial charge in [-0.1, -0.05) is 24.3 Å². The summed E-state index contributed by atoms with van der Waals surface area (Å²) in [4.78, 5) is 4.68. The number of benzene rings is 2. The van der Waals surface area contributed by atoms with Crippen LogP contribution in [0.25, 0.3) is 0 Å². The van der Waals surface area contributed by atoms with Crippen LogP contribution in [0.2, 0.25) is 0 Å². The topological polar surface area (TPSA) is 54.9 Å². The lowest BCUT2D eigenvalue weighted by Crippen LogP contribution is -2.38. The minimum Gasteiger partial charge on any atom is -0.497 e. The number of aryl methyl sites for hydroxylation is 1. The summed E-state index contributed by atoms with van der Waals surface area (Å²) in [6.07, 6.45) is 0.898. The van der Waals surface area contributed by atoms with E-state index in [1.807, 2.05) is 18.2 Å². The molecule has 0 aromatic heterocycles. The van der Waals surface area contributed by atoms with E-state index in [1.165, 1.54) is 11.1 Å². The summed E-state index contributed by atoms with van der Waals surface area (Å²) in [5.74, 6) is 2.56. The number of nitrogens with one attached hydrogen (secondary N) is 2. The SMILES string of the molecule is CCNC(=NCc1ccc(C)cc1OC)NCCc1cccc(OC)c1. The molecule has 2 aromatic rings. The molecule has 0 aliphatic heterocycles. The first kappa shape index (κ1) is 19.6. The summed E-state index contributed by atoms with van der Waals surface area (Å²) in [6, 6.07) is 14.3. The van der Waals surface area contributed by atoms with Crippen molar-refractivity contribution in [1.29, 1.82) is 0 Å². The number of hydrogen-bond donors (Lipinski definition) is 2. The van der Waals surface area contributed by atoms with Crippen molar-refractivity contribution in [3.63, 3.8) is 0 Å². The van der Waals surface area contributed by atoms with Gasteiger partial charge in [0, 0.05) is 18.7 Å². The molecule has 0 saturated heterocycles. The fourth-order valence-corrected chi connectivity index (χ4v) is 2.64. The maximum atomic E-state index is 5.46. The Morgan fingerprint density at radius 2 is 1.88 bits per heavy atom. The first-order valence-electron chi connectivity index (χ1n) is 8.95. The van der Waals surface area contributed by atoms with Crippen molar-refractivity contribution < 1.29 is 9.47 Å². The minimum absolute atomic E-state index is 0.567. The zero-order valence-electron chi connectivity index (χ0n) is 16.1. The van der Waals surface area contributed by atoms with Crippen molar-refractivity contribution in [2.45, 2.75) is 26.8 Å². The van der Waals surface area contributed by atoms with E-state index in [4.69, 9.17) is 9.47 Å². The van der Waals surface area contributed by atoms with Crippen molar-refractivity contribution in [3.05, 3.63) is 59.2 Å². The van der Waals surface area contributed by atoms with Crippen LogP contribution in [0.5, 0.6) is 11.5 Å². The summed E-state index contributed by atoms with van der Waals surface area (Å²) in [5.41, 5.74) is 3.48. The quantitative estimate of drug-likeness (QED) is 0.563. The van der Waals surface area contributed by atoms with Gasteiger partial charge in [-0.05, 0) is 49.6 Å². The number of guanidine groups is 1. The third-order valence-electron chi connectivity index (χ3n) is 4.03. The molecule has 2 rings (SSSR count). The van der Waals surface area contributed by atoms with E-state index in [9.17, 15) is 0 Å². The molecule has 2 N–H and O–H groups in total. The molecule has 0 spiro atoms. The van der Waals surface area contributed by atoms with Crippen molar-refractivity contribution in [3.8, 4) is 11.5 Å². The van der Waals surface area contributed by atoms with E-state index in [-0.39, 0.29) is 0 Å². The van der Waals surface area contributed by atoms with E-state index >= 15 is 0 Å². The highest BCUT2D eigenvalue weighted by Gasteiger charge is 2.04. The van der Waals surface area contributed by atoms with Crippen molar-refractivity contribution in [2.24, 2.45) is 4.99 Å². The molecule has 26 heavy (non-hydrogen) atoms. The second-order valence-electron chi connectivity index (χ2n) is 6.04. The number of hydrogen-bond acceptors (Lipinski definition) is 3. The fraction of sp³-hybridized carbons (Fsp3) is 0.381. The Morgan fingerprint density at radius 1 is 1.04 bits per heavy atom. The number of methoxy groups -OCH3 is 2. The third-order valence-corrected chi connectivity index (χ3v) is 4.03. The molecule has 0 atom stereocenters. The molecule has 2 aromatic carbocycles. The Bertz CT molecular complexity index is 729. The van der Waals surface area contributed by atoms with Crippen LogP contribution in [0.1, 0.15) is 23.6 Å². The molecular weight excluding hydrogens is 326 g/mol. The van der Waals surface area contributed by atoms with Crippen LogP contribution >= 0.6 is 0 Å². The zero-order chi connectivity index (χ0) is 18.8. The Morgan fingerprint density at radius 3 is 2.62 bits per heavy atom. The highest BCUT2D eigenvalue weighted by atomic mass is 16.5. The molecule has 5 heteroatoms. The number of ether oxygens (including phenoxy) is 2. The molecule has 140 valence electrons. The van der Waals surface area contributed by atoms with Gasteiger partial charge < -0.3 is 20.1 Å². The average Bonchev–Trinajstić information content (AvgIpc) is 2.66. The Labute approximate surface area is 156 Å². The summed E-state index contributed by atoms with van der Waals surface area (Å²) in [6.45, 7) is 6.30. The third kappa shape index (κ3) is 5.99. The molecule has 0 fully saturated rings. The maximum absolute atomic E-state index is 5.46. The molecule has 0 aliphatic rings. The zero-order valence-corrected chi connectivity index (χ0v) is 16.1. The van der Waals surface area contributed by atoms with Crippen molar-refractivity contribution in [1.82, 2.24) is 10.6 Å². The summed E-state index contributed by atoms with van der Waals surface area (Å²) in [7, 11) is 3.38. The molecule has 0 radical (unpaired) electrons. The molecular formula is C21H29N3O2. The van der Waals surface area contributed by atoms with Gasteiger partial charge in [-0.3, -0.25) is 0 Å². The van der Waals surface area contributed by atoms with Crippen LogP contribution in [0.3, 0.4) is 0 Å². The first-order valence-corrected chi connectivity index (χ1v) is 8.95. The highest BCUT2D eigenvalue weighted by Crippen LogP contribution is 2.20. The lowest BCUT2D eigenvalue weighted by Gasteiger charge is -2.13. The van der Waals surface area contributed by atoms with Gasteiger partial charge in [0.1, 0.15) is 11.5 Å². The van der Waals surface area contributed by atoms with Crippen LogP contribution in [0.4, 0.5) is 0 Å². The largest absolute Gasteiger partial charge is 0.497 e. The number of aliphatic imine (C=N–C) groups is 1. The van der Waals surface area contributed by atoms with Gasteiger partial charge in [-0.15, -0.1) is 0 Å². The minimum atomic E-state index is 0.567. The lowest BCUT2D eigenvalue weighted by atomic mass is 10.1. The predicted octanol–water partition coefficient (Wildman–Crippen LogP) is 3.31. The molecule has 0 amide bonds.